The molecule has 0 atom stereocenters. The van der Waals surface area contributed by atoms with E-state index in [0.29, 0.717) is 7.18 Å². The summed E-state index contributed by atoms with van der Waals surface area (Å²) in [5.41, 5.74) is 0.736. The molecule has 6 heteroatoms. The van der Waals surface area contributed by atoms with E-state index < -0.39 is 6.36 Å². The Balaban J connectivity index is 0. The number of alkyl halides is 4. The highest BCUT2D eigenvalue weighted by Crippen LogP contribution is 2.22. The maximum absolute atomic E-state index is 11.8. The molecule has 0 radical (unpaired) electrons. The molecule has 1 aromatic heterocycles. The smallest absolute Gasteiger partial charge is 0.404 e. The van der Waals surface area contributed by atoms with Crippen LogP contribution in [0, 0.1) is 0 Å². The molecule has 1 heterocycles. The van der Waals surface area contributed by atoms with Gasteiger partial charge in [0.2, 0.25) is 0 Å². The Morgan fingerprint density at radius 3 is 1.89 bits per heavy atom. The second-order valence-corrected chi connectivity index (χ2v) is 3.12. The molecule has 1 aromatic rings. The van der Waals surface area contributed by atoms with Gasteiger partial charge < -0.3 is 4.74 Å². The molecule has 0 N–H and O–H groups in total. The summed E-state index contributed by atoms with van der Waals surface area (Å²) >= 11 is 0. The molecule has 1 rings (SSSR count). The topological polar surface area (TPSA) is 22.1 Å². The standard InChI is InChI=1S/C9H10F3NO.C2H6.CH3F/c1-6(2)8-4-3-7(5-13-8)14-9(10,11)12;2*1-2/h3-6H,1-2H3;1-2H3;1H3. The maximum atomic E-state index is 11.8. The number of aromatic nitrogens is 1. The van der Waals surface area contributed by atoms with Crippen molar-refractivity contribution in [2.75, 3.05) is 7.18 Å². The first-order valence-electron chi connectivity index (χ1n) is 5.48. The van der Waals surface area contributed by atoms with Gasteiger partial charge in [0.1, 0.15) is 5.75 Å². The van der Waals surface area contributed by atoms with Gasteiger partial charge in [-0.2, -0.15) is 0 Å². The van der Waals surface area contributed by atoms with Crippen molar-refractivity contribution < 1.29 is 22.3 Å². The third kappa shape index (κ3) is 8.78. The maximum Gasteiger partial charge on any atom is 0.573 e. The molecule has 0 saturated heterocycles. The fraction of sp³-hybridized carbons (Fsp3) is 0.583. The molecule has 0 aliphatic heterocycles. The lowest BCUT2D eigenvalue weighted by molar-refractivity contribution is -0.274. The van der Waals surface area contributed by atoms with Gasteiger partial charge in [-0.25, -0.2) is 0 Å². The summed E-state index contributed by atoms with van der Waals surface area (Å²) in [6.45, 7) is 7.82. The molecule has 2 nitrogen and oxygen atoms in total. The van der Waals surface area contributed by atoms with E-state index >= 15 is 0 Å². The summed E-state index contributed by atoms with van der Waals surface area (Å²) < 4.78 is 48.4. The van der Waals surface area contributed by atoms with Crippen LogP contribution in [0.15, 0.2) is 18.3 Å². The Kier molecular flexibility index (Phi) is 10.2. The molecule has 0 fully saturated rings. The molecule has 0 aliphatic rings. The lowest BCUT2D eigenvalue weighted by atomic mass is 10.1. The third-order valence-electron chi connectivity index (χ3n) is 1.58. The van der Waals surface area contributed by atoms with Crippen LogP contribution in [0.5, 0.6) is 5.75 Å². The van der Waals surface area contributed by atoms with Crippen molar-refractivity contribution in [3.63, 3.8) is 0 Å². The van der Waals surface area contributed by atoms with Crippen molar-refractivity contribution in [3.05, 3.63) is 24.0 Å². The van der Waals surface area contributed by atoms with Gasteiger partial charge >= 0.3 is 6.36 Å². The zero-order valence-electron chi connectivity index (χ0n) is 11.2. The summed E-state index contributed by atoms with van der Waals surface area (Å²) in [7, 11) is 0.500. The second kappa shape index (κ2) is 9.67. The normalized spacial score (nSPS) is 9.89. The Labute approximate surface area is 105 Å². The van der Waals surface area contributed by atoms with Crippen LogP contribution in [0.25, 0.3) is 0 Å². The summed E-state index contributed by atoms with van der Waals surface area (Å²) in [6, 6.07) is 2.78. The van der Waals surface area contributed by atoms with Crippen LogP contribution < -0.4 is 4.74 Å². The number of halogens is 4. The fourth-order valence-electron chi connectivity index (χ4n) is 0.927. The van der Waals surface area contributed by atoms with E-state index in [1.807, 2.05) is 27.7 Å². The van der Waals surface area contributed by atoms with Gasteiger partial charge in [0.05, 0.1) is 13.4 Å². The highest BCUT2D eigenvalue weighted by molar-refractivity contribution is 5.21. The molecular formula is C12H19F4NO. The summed E-state index contributed by atoms with van der Waals surface area (Å²) in [5, 5.41) is 0. The third-order valence-corrected chi connectivity index (χ3v) is 1.58. The molecule has 0 bridgehead atoms. The Hall–Kier alpha value is -1.33. The van der Waals surface area contributed by atoms with Crippen LogP contribution in [0.2, 0.25) is 0 Å². The largest absolute Gasteiger partial charge is 0.573 e. The van der Waals surface area contributed by atoms with Crippen LogP contribution in [0.3, 0.4) is 0 Å². The monoisotopic (exact) mass is 269 g/mol. The van der Waals surface area contributed by atoms with Crippen molar-refractivity contribution in [1.29, 1.82) is 0 Å². The quantitative estimate of drug-likeness (QED) is 0.725. The lowest BCUT2D eigenvalue weighted by Gasteiger charge is -2.09. The first kappa shape index (κ1) is 19.0. The van der Waals surface area contributed by atoms with Crippen molar-refractivity contribution in [3.8, 4) is 5.75 Å². The van der Waals surface area contributed by atoms with Crippen LogP contribution in [0.4, 0.5) is 17.6 Å². The van der Waals surface area contributed by atoms with E-state index in [4.69, 9.17) is 0 Å². The van der Waals surface area contributed by atoms with E-state index in [1.165, 1.54) is 12.1 Å². The van der Waals surface area contributed by atoms with E-state index in [9.17, 15) is 17.6 Å². The van der Waals surface area contributed by atoms with Crippen LogP contribution >= 0.6 is 0 Å². The fourth-order valence-corrected chi connectivity index (χ4v) is 0.927. The summed E-state index contributed by atoms with van der Waals surface area (Å²) in [4.78, 5) is 3.84. The Morgan fingerprint density at radius 2 is 1.61 bits per heavy atom. The predicted octanol–water partition coefficient (Wildman–Crippen LogP) is 4.72. The van der Waals surface area contributed by atoms with Gasteiger partial charge in [-0.1, -0.05) is 27.7 Å². The van der Waals surface area contributed by atoms with Crippen LogP contribution in [-0.2, 0) is 0 Å². The van der Waals surface area contributed by atoms with Crippen LogP contribution in [0.1, 0.15) is 39.3 Å². The molecular weight excluding hydrogens is 250 g/mol. The van der Waals surface area contributed by atoms with Gasteiger partial charge in [-0.3, -0.25) is 9.37 Å². The first-order chi connectivity index (χ1) is 8.38. The van der Waals surface area contributed by atoms with Crippen molar-refractivity contribution in [1.82, 2.24) is 4.98 Å². The second-order valence-electron chi connectivity index (χ2n) is 3.12. The van der Waals surface area contributed by atoms with Crippen LogP contribution in [-0.4, -0.2) is 18.5 Å². The number of ether oxygens (including phenoxy) is 1. The number of rotatable bonds is 2. The minimum absolute atomic E-state index is 0.190. The van der Waals surface area contributed by atoms with Gasteiger partial charge in [0.15, 0.2) is 0 Å². The average Bonchev–Trinajstić information content (AvgIpc) is 2.33. The van der Waals surface area contributed by atoms with Gasteiger partial charge in [0, 0.05) is 5.69 Å². The van der Waals surface area contributed by atoms with Crippen molar-refractivity contribution >= 4 is 0 Å². The van der Waals surface area contributed by atoms with E-state index in [-0.39, 0.29) is 11.7 Å². The molecule has 0 amide bonds. The predicted molar refractivity (Wildman–Crippen MR) is 63.4 cm³/mol. The average molecular weight is 269 g/mol. The minimum atomic E-state index is -4.65. The Morgan fingerprint density at radius 1 is 1.11 bits per heavy atom. The van der Waals surface area contributed by atoms with Crippen molar-refractivity contribution in [2.45, 2.75) is 40.0 Å². The molecule has 0 spiro atoms. The highest BCUT2D eigenvalue weighted by atomic mass is 19.4. The molecule has 0 aromatic carbocycles. The minimum Gasteiger partial charge on any atom is -0.404 e. The summed E-state index contributed by atoms with van der Waals surface area (Å²) in [5.74, 6) is -0.100. The number of hydrogen-bond acceptors (Lipinski definition) is 2. The Bertz CT molecular complexity index is 296. The van der Waals surface area contributed by atoms with Crippen molar-refractivity contribution in [2.24, 2.45) is 0 Å². The zero-order valence-corrected chi connectivity index (χ0v) is 11.2. The highest BCUT2D eigenvalue weighted by Gasteiger charge is 2.31. The van der Waals surface area contributed by atoms with E-state index in [0.717, 1.165) is 11.9 Å². The van der Waals surface area contributed by atoms with Gasteiger partial charge in [-0.05, 0) is 18.1 Å². The van der Waals surface area contributed by atoms with Gasteiger partial charge in [-0.15, -0.1) is 13.2 Å². The number of pyridine rings is 1. The zero-order chi connectivity index (χ0) is 14.8. The SMILES string of the molecule is CC.CC(C)c1ccc(OC(F)(F)F)cn1.CF. The molecule has 0 unspecified atom stereocenters. The van der Waals surface area contributed by atoms with E-state index in [1.54, 1.807) is 0 Å². The van der Waals surface area contributed by atoms with Gasteiger partial charge in [0.25, 0.3) is 0 Å². The molecule has 18 heavy (non-hydrogen) atoms. The first-order valence-corrected chi connectivity index (χ1v) is 5.48. The molecule has 0 aliphatic carbocycles. The van der Waals surface area contributed by atoms with E-state index in [2.05, 4.69) is 9.72 Å². The lowest BCUT2D eigenvalue weighted by Crippen LogP contribution is -2.17. The number of nitrogens with zero attached hydrogens (tertiary/aromatic N) is 1. The molecule has 106 valence electrons. The number of hydrogen-bond donors (Lipinski definition) is 0. The summed E-state index contributed by atoms with van der Waals surface area (Å²) in [6.07, 6.45) is -3.58. The molecule has 0 saturated carbocycles.